The van der Waals surface area contributed by atoms with E-state index in [0.717, 1.165) is 35.4 Å². The van der Waals surface area contributed by atoms with Crippen LogP contribution in [-0.4, -0.2) is 40.6 Å². The second-order valence-corrected chi connectivity index (χ2v) is 9.04. The van der Waals surface area contributed by atoms with Gasteiger partial charge < -0.3 is 15.0 Å². The van der Waals surface area contributed by atoms with E-state index in [-0.39, 0.29) is 12.5 Å². The Balaban J connectivity index is 1.52. The third-order valence-corrected chi connectivity index (χ3v) is 6.31. The van der Waals surface area contributed by atoms with Gasteiger partial charge in [0.2, 0.25) is 0 Å². The van der Waals surface area contributed by atoms with Crippen molar-refractivity contribution in [2.75, 3.05) is 29.9 Å². The topological polar surface area (TPSA) is 72.3 Å². The summed E-state index contributed by atoms with van der Waals surface area (Å²) in [4.78, 5) is 16.4. The lowest BCUT2D eigenvalue weighted by molar-refractivity contribution is -0.118. The molecule has 4 rings (SSSR count). The maximum atomic E-state index is 12.5. The molecule has 4 aromatic rings. The fourth-order valence-electron chi connectivity index (χ4n) is 3.88. The molecule has 0 spiro atoms. The molecule has 35 heavy (non-hydrogen) atoms. The lowest BCUT2D eigenvalue weighted by Gasteiger charge is -2.22. The van der Waals surface area contributed by atoms with Crippen molar-refractivity contribution in [1.82, 2.24) is 15.0 Å². The number of nitrogens with one attached hydrogen (secondary N) is 1. The van der Waals surface area contributed by atoms with Gasteiger partial charge in [0.15, 0.2) is 6.61 Å². The van der Waals surface area contributed by atoms with E-state index in [2.05, 4.69) is 53.3 Å². The first-order valence-electron chi connectivity index (χ1n) is 11.4. The standard InChI is InChI=1S/C26H27Cl2N5O2/c1-5-32(6-2)19-8-9-24(17(4)11-19)33-30-22-12-16(3)21(14-23(22)31-33)29-26(34)15-35-25-10-7-18(27)13-20(25)28/h7-14H,5-6,15H2,1-4H3,(H,29,34). The number of carbonyl (C=O) groups is 1. The summed E-state index contributed by atoms with van der Waals surface area (Å²) in [6.07, 6.45) is 0. The minimum atomic E-state index is -0.311. The van der Waals surface area contributed by atoms with E-state index in [1.54, 1.807) is 23.0 Å². The number of anilines is 2. The molecule has 182 valence electrons. The summed E-state index contributed by atoms with van der Waals surface area (Å²) in [5, 5.41) is 13.0. The molecule has 0 aliphatic rings. The third-order valence-electron chi connectivity index (χ3n) is 5.78. The third kappa shape index (κ3) is 5.52. The van der Waals surface area contributed by atoms with Crippen molar-refractivity contribution in [2.24, 2.45) is 0 Å². The minimum absolute atomic E-state index is 0.191. The molecule has 0 atom stereocenters. The summed E-state index contributed by atoms with van der Waals surface area (Å²) in [6, 6.07) is 14.9. The van der Waals surface area contributed by atoms with Crippen LogP contribution in [0.2, 0.25) is 10.0 Å². The molecule has 0 radical (unpaired) electrons. The molecule has 3 aromatic carbocycles. The smallest absolute Gasteiger partial charge is 0.262 e. The Bertz CT molecular complexity index is 1380. The van der Waals surface area contributed by atoms with Crippen molar-refractivity contribution >= 4 is 51.5 Å². The molecule has 0 fully saturated rings. The van der Waals surface area contributed by atoms with Crippen LogP contribution in [0.1, 0.15) is 25.0 Å². The van der Waals surface area contributed by atoms with Crippen LogP contribution in [0.4, 0.5) is 11.4 Å². The largest absolute Gasteiger partial charge is 0.482 e. The van der Waals surface area contributed by atoms with Crippen LogP contribution >= 0.6 is 23.2 Å². The summed E-state index contributed by atoms with van der Waals surface area (Å²) in [7, 11) is 0. The Labute approximate surface area is 214 Å². The number of amides is 1. The number of carbonyl (C=O) groups excluding carboxylic acids is 1. The van der Waals surface area contributed by atoms with E-state index in [4.69, 9.17) is 27.9 Å². The highest BCUT2D eigenvalue weighted by molar-refractivity contribution is 6.35. The number of fused-ring (bicyclic) bond motifs is 1. The number of aryl methyl sites for hydroxylation is 2. The Hall–Kier alpha value is -3.29. The Kier molecular flexibility index (Phi) is 7.48. The van der Waals surface area contributed by atoms with Crippen LogP contribution in [0, 0.1) is 13.8 Å². The Morgan fingerprint density at radius 2 is 1.69 bits per heavy atom. The first-order chi connectivity index (χ1) is 16.8. The van der Waals surface area contributed by atoms with E-state index in [9.17, 15) is 4.79 Å². The zero-order valence-electron chi connectivity index (χ0n) is 20.1. The van der Waals surface area contributed by atoms with Crippen molar-refractivity contribution < 1.29 is 9.53 Å². The van der Waals surface area contributed by atoms with Gasteiger partial charge in [0.05, 0.1) is 10.7 Å². The van der Waals surface area contributed by atoms with Gasteiger partial charge in [0.1, 0.15) is 16.8 Å². The van der Waals surface area contributed by atoms with Crippen LogP contribution in [0.5, 0.6) is 5.75 Å². The van der Waals surface area contributed by atoms with Gasteiger partial charge in [-0.3, -0.25) is 4.79 Å². The molecule has 1 heterocycles. The highest BCUT2D eigenvalue weighted by Gasteiger charge is 2.14. The summed E-state index contributed by atoms with van der Waals surface area (Å²) in [5.74, 6) is 0.0809. The first-order valence-corrected chi connectivity index (χ1v) is 12.2. The molecule has 1 aromatic heterocycles. The van der Waals surface area contributed by atoms with E-state index in [0.29, 0.717) is 27.0 Å². The van der Waals surface area contributed by atoms with Gasteiger partial charge in [-0.05, 0) is 87.4 Å². The molecule has 0 aliphatic carbocycles. The molecule has 7 nitrogen and oxygen atoms in total. The number of ether oxygens (including phenoxy) is 1. The maximum Gasteiger partial charge on any atom is 0.262 e. The predicted molar refractivity (Wildman–Crippen MR) is 142 cm³/mol. The highest BCUT2D eigenvalue weighted by atomic mass is 35.5. The van der Waals surface area contributed by atoms with Crippen LogP contribution < -0.4 is 15.0 Å². The molecule has 0 aliphatic heterocycles. The second-order valence-electron chi connectivity index (χ2n) is 8.20. The molecule has 0 saturated heterocycles. The quantitative estimate of drug-likeness (QED) is 0.304. The van der Waals surface area contributed by atoms with Gasteiger partial charge in [0.25, 0.3) is 5.91 Å². The van der Waals surface area contributed by atoms with Crippen molar-refractivity contribution in [3.63, 3.8) is 0 Å². The number of nitrogens with zero attached hydrogens (tertiary/aromatic N) is 4. The lowest BCUT2D eigenvalue weighted by atomic mass is 10.1. The lowest BCUT2D eigenvalue weighted by Crippen LogP contribution is -2.21. The molecule has 1 N–H and O–H groups in total. The zero-order valence-corrected chi connectivity index (χ0v) is 21.6. The number of halogens is 2. The fraction of sp³-hybridized carbons (Fsp3) is 0.269. The number of hydrogen-bond donors (Lipinski definition) is 1. The van der Waals surface area contributed by atoms with Crippen molar-refractivity contribution in [3.05, 3.63) is 69.7 Å². The first kappa shape index (κ1) is 24.8. The monoisotopic (exact) mass is 511 g/mol. The summed E-state index contributed by atoms with van der Waals surface area (Å²) in [5.41, 5.74) is 6.11. The molecular weight excluding hydrogens is 485 g/mol. The van der Waals surface area contributed by atoms with Crippen LogP contribution in [-0.2, 0) is 4.79 Å². The molecule has 0 saturated carbocycles. The van der Waals surface area contributed by atoms with Crippen molar-refractivity contribution in [2.45, 2.75) is 27.7 Å². The maximum absolute atomic E-state index is 12.5. The normalized spacial score (nSPS) is 11.0. The molecule has 9 heteroatoms. The average Bonchev–Trinajstić information content (AvgIpc) is 3.22. The Morgan fingerprint density at radius 3 is 2.34 bits per heavy atom. The summed E-state index contributed by atoms with van der Waals surface area (Å²) < 4.78 is 5.53. The van der Waals surface area contributed by atoms with Crippen LogP contribution in [0.3, 0.4) is 0 Å². The number of hydrogen-bond acceptors (Lipinski definition) is 5. The minimum Gasteiger partial charge on any atom is -0.482 e. The molecule has 1 amide bonds. The number of benzene rings is 3. The Morgan fingerprint density at radius 1 is 0.971 bits per heavy atom. The van der Waals surface area contributed by atoms with E-state index in [1.165, 1.54) is 5.69 Å². The zero-order chi connectivity index (χ0) is 25.1. The van der Waals surface area contributed by atoms with Gasteiger partial charge in [-0.1, -0.05) is 23.2 Å². The van der Waals surface area contributed by atoms with Gasteiger partial charge >= 0.3 is 0 Å². The number of aromatic nitrogens is 3. The molecule has 0 bridgehead atoms. The number of rotatable bonds is 8. The van der Waals surface area contributed by atoms with Gasteiger partial charge in [0, 0.05) is 29.5 Å². The van der Waals surface area contributed by atoms with Crippen molar-refractivity contribution in [1.29, 1.82) is 0 Å². The van der Waals surface area contributed by atoms with Gasteiger partial charge in [-0.15, -0.1) is 10.2 Å². The van der Waals surface area contributed by atoms with Crippen LogP contribution in [0.25, 0.3) is 16.7 Å². The van der Waals surface area contributed by atoms with E-state index < -0.39 is 0 Å². The predicted octanol–water partition coefficient (Wildman–Crippen LogP) is 6.21. The van der Waals surface area contributed by atoms with E-state index in [1.807, 2.05) is 25.1 Å². The summed E-state index contributed by atoms with van der Waals surface area (Å²) in [6.45, 7) is 9.97. The summed E-state index contributed by atoms with van der Waals surface area (Å²) >= 11 is 12.0. The van der Waals surface area contributed by atoms with Gasteiger partial charge in [-0.25, -0.2) is 0 Å². The van der Waals surface area contributed by atoms with Crippen LogP contribution in [0.15, 0.2) is 48.5 Å². The second kappa shape index (κ2) is 10.5. The fourth-order valence-corrected chi connectivity index (χ4v) is 4.34. The SMILES string of the molecule is CCN(CC)c1ccc(-n2nc3cc(C)c(NC(=O)COc4ccc(Cl)cc4Cl)cc3n2)c(C)c1. The van der Waals surface area contributed by atoms with Crippen molar-refractivity contribution in [3.8, 4) is 11.4 Å². The molecular formula is C26H27Cl2N5O2. The van der Waals surface area contributed by atoms with Gasteiger partial charge in [-0.2, -0.15) is 4.80 Å². The molecule has 0 unspecified atom stereocenters. The highest BCUT2D eigenvalue weighted by Crippen LogP contribution is 2.28. The average molecular weight is 512 g/mol. The van der Waals surface area contributed by atoms with E-state index >= 15 is 0 Å².